The van der Waals surface area contributed by atoms with Crippen LogP contribution in [0.3, 0.4) is 0 Å². The first-order valence-corrected chi connectivity index (χ1v) is 9.57. The van der Waals surface area contributed by atoms with Crippen LogP contribution in [0.5, 0.6) is 0 Å². The van der Waals surface area contributed by atoms with Crippen molar-refractivity contribution in [3.63, 3.8) is 0 Å². The van der Waals surface area contributed by atoms with Crippen molar-refractivity contribution in [1.82, 2.24) is 14.9 Å². The lowest BCUT2D eigenvalue weighted by Gasteiger charge is -2.26. The summed E-state index contributed by atoms with van der Waals surface area (Å²) in [5.41, 5.74) is 0.468. The molecule has 1 fully saturated rings. The normalized spacial score (nSPS) is 15.0. The van der Waals surface area contributed by atoms with Gasteiger partial charge in [0.15, 0.2) is 6.61 Å². The van der Waals surface area contributed by atoms with E-state index < -0.39 is 34.5 Å². The molecule has 1 aromatic carbocycles. The Morgan fingerprint density at radius 3 is 2.52 bits per heavy atom. The van der Waals surface area contributed by atoms with Gasteiger partial charge >= 0.3 is 12.0 Å². The summed E-state index contributed by atoms with van der Waals surface area (Å²) in [4.78, 5) is 34.6. The number of nitrogens with one attached hydrogen (secondary N) is 2. The summed E-state index contributed by atoms with van der Waals surface area (Å²) >= 11 is 0. The molecule has 0 radical (unpaired) electrons. The monoisotopic (exact) mass is 399 g/mol. The number of hydrogen-bond acceptors (Lipinski definition) is 7. The minimum absolute atomic E-state index is 0.00587. The largest absolute Gasteiger partial charge is 0.452 e. The van der Waals surface area contributed by atoms with Crippen molar-refractivity contribution < 1.29 is 32.3 Å². The molecule has 1 saturated heterocycles. The fourth-order valence-electron chi connectivity index (χ4n) is 2.37. The van der Waals surface area contributed by atoms with Gasteiger partial charge in [-0.3, -0.25) is 10.1 Å². The number of nitrogens with zero attached hydrogens (tertiary/aromatic N) is 1. The highest BCUT2D eigenvalue weighted by Gasteiger charge is 2.28. The number of carbonyl (C=O) groups is 3. The van der Waals surface area contributed by atoms with Crippen LogP contribution >= 0.6 is 0 Å². The predicted molar refractivity (Wildman–Crippen MR) is 93.6 cm³/mol. The molecule has 0 bridgehead atoms. The average Bonchev–Trinajstić information content (AvgIpc) is 2.66. The Morgan fingerprint density at radius 2 is 1.89 bits per heavy atom. The Bertz CT molecular complexity index is 832. The Hall–Kier alpha value is -2.50. The zero-order valence-corrected chi connectivity index (χ0v) is 15.8. The van der Waals surface area contributed by atoms with Crippen molar-refractivity contribution in [2.24, 2.45) is 0 Å². The molecule has 11 heteroatoms. The predicted octanol–water partition coefficient (Wildman–Crippen LogP) is -0.372. The molecule has 1 aliphatic rings. The zero-order chi connectivity index (χ0) is 20.0. The standard InChI is InChI=1S/C16H21N3O7S/c1-11-3-4-12(15(21)26-10-14(20)18-16(22)17-2)9-13(11)27(23,24)19-5-7-25-8-6-19/h3-4,9H,5-8,10H2,1-2H3,(H2,17,18,20,22). The van der Waals surface area contributed by atoms with E-state index in [1.807, 2.05) is 5.32 Å². The third kappa shape index (κ3) is 5.25. The highest BCUT2D eigenvalue weighted by molar-refractivity contribution is 7.89. The van der Waals surface area contributed by atoms with Crippen molar-refractivity contribution in [1.29, 1.82) is 0 Å². The molecule has 1 aliphatic heterocycles. The number of hydrogen-bond donors (Lipinski definition) is 2. The summed E-state index contributed by atoms with van der Waals surface area (Å²) in [6.07, 6.45) is 0. The number of benzene rings is 1. The molecule has 148 valence electrons. The SMILES string of the molecule is CNC(=O)NC(=O)COC(=O)c1ccc(C)c(S(=O)(=O)N2CCOCC2)c1. The molecule has 2 N–H and O–H groups in total. The quantitative estimate of drug-likeness (QED) is 0.646. The van der Waals surface area contributed by atoms with Crippen molar-refractivity contribution in [2.75, 3.05) is 40.0 Å². The van der Waals surface area contributed by atoms with Crippen LogP contribution < -0.4 is 10.6 Å². The van der Waals surface area contributed by atoms with E-state index in [9.17, 15) is 22.8 Å². The van der Waals surface area contributed by atoms with Gasteiger partial charge in [0.25, 0.3) is 5.91 Å². The first-order valence-electron chi connectivity index (χ1n) is 8.13. The second kappa shape index (κ2) is 8.93. The summed E-state index contributed by atoms with van der Waals surface area (Å²) in [7, 11) is -2.46. The van der Waals surface area contributed by atoms with E-state index in [1.54, 1.807) is 6.92 Å². The number of rotatable bonds is 5. The van der Waals surface area contributed by atoms with Gasteiger partial charge in [0, 0.05) is 20.1 Å². The van der Waals surface area contributed by atoms with Gasteiger partial charge < -0.3 is 14.8 Å². The molecular weight excluding hydrogens is 378 g/mol. The van der Waals surface area contributed by atoms with E-state index in [4.69, 9.17) is 9.47 Å². The van der Waals surface area contributed by atoms with Crippen LogP contribution in [-0.4, -0.2) is 70.6 Å². The maximum Gasteiger partial charge on any atom is 0.338 e. The molecule has 0 aromatic heterocycles. The smallest absolute Gasteiger partial charge is 0.338 e. The number of sulfonamides is 1. The van der Waals surface area contributed by atoms with Crippen LogP contribution in [0.1, 0.15) is 15.9 Å². The zero-order valence-electron chi connectivity index (χ0n) is 15.0. The molecule has 3 amide bonds. The van der Waals surface area contributed by atoms with E-state index in [1.165, 1.54) is 29.6 Å². The van der Waals surface area contributed by atoms with Crippen molar-refractivity contribution in [3.05, 3.63) is 29.3 Å². The molecular formula is C16H21N3O7S. The molecule has 1 aromatic rings. The van der Waals surface area contributed by atoms with Crippen molar-refractivity contribution >= 4 is 27.9 Å². The Morgan fingerprint density at radius 1 is 1.22 bits per heavy atom. The van der Waals surface area contributed by atoms with E-state index in [-0.39, 0.29) is 23.5 Å². The van der Waals surface area contributed by atoms with E-state index in [0.717, 1.165) is 0 Å². The topological polar surface area (TPSA) is 131 Å². The summed E-state index contributed by atoms with van der Waals surface area (Å²) in [5.74, 6) is -1.68. The van der Waals surface area contributed by atoms with Gasteiger partial charge in [-0.05, 0) is 24.6 Å². The number of ether oxygens (including phenoxy) is 2. The van der Waals surface area contributed by atoms with E-state index >= 15 is 0 Å². The number of carbonyl (C=O) groups excluding carboxylic acids is 3. The molecule has 0 spiro atoms. The summed E-state index contributed by atoms with van der Waals surface area (Å²) < 4.78 is 36.9. The minimum Gasteiger partial charge on any atom is -0.452 e. The van der Waals surface area contributed by atoms with Crippen molar-refractivity contribution in [2.45, 2.75) is 11.8 Å². The molecule has 10 nitrogen and oxygen atoms in total. The van der Waals surface area contributed by atoms with Crippen molar-refractivity contribution in [3.8, 4) is 0 Å². The van der Waals surface area contributed by atoms with Gasteiger partial charge in [-0.25, -0.2) is 18.0 Å². The van der Waals surface area contributed by atoms with E-state index in [0.29, 0.717) is 18.8 Å². The lowest BCUT2D eigenvalue weighted by Crippen LogP contribution is -2.41. The van der Waals surface area contributed by atoms with Gasteiger partial charge in [0.05, 0.1) is 23.7 Å². The first kappa shape index (κ1) is 20.8. The fourth-order valence-corrected chi connectivity index (χ4v) is 4.03. The van der Waals surface area contributed by atoms with Gasteiger partial charge in [-0.15, -0.1) is 0 Å². The van der Waals surface area contributed by atoms with Crippen LogP contribution in [0, 0.1) is 6.92 Å². The van der Waals surface area contributed by atoms with Gasteiger partial charge in [-0.2, -0.15) is 4.31 Å². The number of urea groups is 1. The van der Waals surface area contributed by atoms with Gasteiger partial charge in [0.1, 0.15) is 0 Å². The number of esters is 1. The first-order chi connectivity index (χ1) is 12.8. The van der Waals surface area contributed by atoms with E-state index in [2.05, 4.69) is 5.32 Å². The second-order valence-corrected chi connectivity index (χ2v) is 7.61. The lowest BCUT2D eigenvalue weighted by atomic mass is 10.1. The number of amides is 3. The second-order valence-electron chi connectivity index (χ2n) is 5.70. The maximum absolute atomic E-state index is 12.8. The number of aryl methyl sites for hydroxylation is 1. The highest BCUT2D eigenvalue weighted by atomic mass is 32.2. The molecule has 2 rings (SSSR count). The van der Waals surface area contributed by atoms with Gasteiger partial charge in [0.2, 0.25) is 10.0 Å². The number of morpholine rings is 1. The van der Waals surface area contributed by atoms with Crippen LogP contribution in [-0.2, 0) is 24.3 Å². The summed E-state index contributed by atoms with van der Waals surface area (Å²) in [6, 6.07) is 3.39. The molecule has 0 saturated carbocycles. The Labute approximate surface area is 156 Å². The average molecular weight is 399 g/mol. The highest BCUT2D eigenvalue weighted by Crippen LogP contribution is 2.22. The molecule has 0 unspecified atom stereocenters. The third-order valence-electron chi connectivity index (χ3n) is 3.83. The Kier molecular flexibility index (Phi) is 6.88. The van der Waals surface area contributed by atoms with Crippen LogP contribution in [0.25, 0.3) is 0 Å². The molecule has 0 atom stereocenters. The molecule has 0 aliphatic carbocycles. The maximum atomic E-state index is 12.8. The fraction of sp³-hybridized carbons (Fsp3) is 0.438. The lowest BCUT2D eigenvalue weighted by molar-refractivity contribution is -0.123. The van der Waals surface area contributed by atoms with Crippen LogP contribution in [0.2, 0.25) is 0 Å². The minimum atomic E-state index is -3.79. The summed E-state index contributed by atoms with van der Waals surface area (Å²) in [6.45, 7) is 2.03. The van der Waals surface area contributed by atoms with Gasteiger partial charge in [-0.1, -0.05) is 6.07 Å². The van der Waals surface area contributed by atoms with Crippen LogP contribution in [0.15, 0.2) is 23.1 Å². The molecule has 1 heterocycles. The molecule has 27 heavy (non-hydrogen) atoms. The number of imide groups is 1. The Balaban J connectivity index is 2.13. The third-order valence-corrected chi connectivity index (χ3v) is 5.87. The summed E-state index contributed by atoms with van der Waals surface area (Å²) in [5, 5.41) is 4.13. The van der Waals surface area contributed by atoms with Crippen LogP contribution in [0.4, 0.5) is 4.79 Å².